The summed E-state index contributed by atoms with van der Waals surface area (Å²) in [6.45, 7) is 0. The number of guanidine groups is 1. The number of aryl methyl sites for hydroxylation is 1. The molecule has 0 saturated heterocycles. The van der Waals surface area contributed by atoms with Gasteiger partial charge in [-0.3, -0.25) is 21.1 Å². The van der Waals surface area contributed by atoms with Crippen LogP contribution in [0.15, 0.2) is 24.3 Å². The van der Waals surface area contributed by atoms with Gasteiger partial charge in [0, 0.05) is 12.0 Å². The molecule has 98 valence electrons. The smallest absolute Gasteiger partial charge is 0.360 e. The third-order valence-electron chi connectivity index (χ3n) is 2.10. The highest BCUT2D eigenvalue weighted by Crippen LogP contribution is 2.04. The number of carbonyl (C=O) groups excluding carboxylic acids is 2. The highest BCUT2D eigenvalue weighted by Gasteiger charge is 2.02. The van der Waals surface area contributed by atoms with E-state index in [2.05, 4.69) is 10.5 Å². The highest BCUT2D eigenvalue weighted by atomic mass is 35.5. The number of benzene rings is 1. The molecule has 0 aliphatic carbocycles. The highest BCUT2D eigenvalue weighted by molar-refractivity contribution is 5.76. The Hall–Kier alpha value is -2.08. The standard InChI is InChI=1S/C11H14N4O2.ClH/c12-11(13)15-14-10(17)6-5-8-1-3-9(7-16)4-2-8;/h1-4,7H,5-6H2,(H,14,17)(H4,12,13,15);1H. The Labute approximate surface area is 111 Å². The maximum atomic E-state index is 11.3. The molecule has 0 radical (unpaired) electrons. The van der Waals surface area contributed by atoms with Crippen molar-refractivity contribution in [3.8, 4) is 0 Å². The lowest BCUT2D eigenvalue weighted by Crippen LogP contribution is -3.00. The largest absolute Gasteiger partial charge is 1.00 e. The third kappa shape index (κ3) is 5.86. The van der Waals surface area contributed by atoms with E-state index in [1.54, 1.807) is 12.1 Å². The molecule has 1 aromatic carbocycles. The summed E-state index contributed by atoms with van der Waals surface area (Å²) in [6.07, 6.45) is 1.66. The molecule has 0 aliphatic heterocycles. The summed E-state index contributed by atoms with van der Waals surface area (Å²) in [5.74, 6) is -0.272. The van der Waals surface area contributed by atoms with E-state index in [0.717, 1.165) is 11.8 Å². The topological polar surface area (TPSA) is 112 Å². The van der Waals surface area contributed by atoms with Crippen LogP contribution in [0, 0.1) is 0 Å². The van der Waals surface area contributed by atoms with Gasteiger partial charge in [0.15, 0.2) is 0 Å². The summed E-state index contributed by atoms with van der Waals surface area (Å²) < 4.78 is 0. The first kappa shape index (κ1) is 15.9. The number of aldehydes is 1. The molecule has 1 aromatic rings. The van der Waals surface area contributed by atoms with Crippen molar-refractivity contribution in [2.24, 2.45) is 11.5 Å². The van der Waals surface area contributed by atoms with Gasteiger partial charge in [-0.05, 0) is 12.0 Å². The zero-order valence-corrected chi connectivity index (χ0v) is 10.4. The minimum Gasteiger partial charge on any atom is -1.00 e. The van der Waals surface area contributed by atoms with Gasteiger partial charge in [-0.2, -0.15) is 5.10 Å². The number of nitrogens with one attached hydrogen (secondary N) is 2. The van der Waals surface area contributed by atoms with Crippen molar-refractivity contribution in [1.82, 2.24) is 5.43 Å². The Balaban J connectivity index is 0.00000289. The SMILES string of the molecule is NC(N)=[NH+]NC(=O)CCc1ccc(C=O)cc1.[Cl-]. The van der Waals surface area contributed by atoms with E-state index in [1.807, 2.05) is 12.1 Å². The molecule has 0 aliphatic rings. The summed E-state index contributed by atoms with van der Waals surface area (Å²) in [7, 11) is 0. The number of nitrogens with two attached hydrogens (primary N) is 2. The normalized spacial score (nSPS) is 8.89. The Morgan fingerprint density at radius 2 is 1.89 bits per heavy atom. The molecule has 6 N–H and O–H groups in total. The van der Waals surface area contributed by atoms with Crippen molar-refractivity contribution in [1.29, 1.82) is 0 Å². The molecule has 1 amide bonds. The van der Waals surface area contributed by atoms with Gasteiger partial charge >= 0.3 is 5.96 Å². The first-order valence-corrected chi connectivity index (χ1v) is 5.08. The van der Waals surface area contributed by atoms with Crippen molar-refractivity contribution in [2.75, 3.05) is 0 Å². The van der Waals surface area contributed by atoms with Crippen LogP contribution < -0.4 is 34.4 Å². The van der Waals surface area contributed by atoms with Gasteiger partial charge in [0.1, 0.15) is 6.29 Å². The second-order valence-corrected chi connectivity index (χ2v) is 3.49. The van der Waals surface area contributed by atoms with Gasteiger partial charge in [-0.25, -0.2) is 5.43 Å². The minimum atomic E-state index is -0.210. The van der Waals surface area contributed by atoms with E-state index in [1.165, 1.54) is 0 Å². The van der Waals surface area contributed by atoms with Gasteiger partial charge in [0.05, 0.1) is 0 Å². The quantitative estimate of drug-likeness (QED) is 0.185. The number of hydrogen-bond donors (Lipinski definition) is 4. The summed E-state index contributed by atoms with van der Waals surface area (Å²) in [4.78, 5) is 21.7. The van der Waals surface area contributed by atoms with Gasteiger partial charge in [-0.1, -0.05) is 24.3 Å². The number of hydrazone groups is 1. The second-order valence-electron chi connectivity index (χ2n) is 3.49. The van der Waals surface area contributed by atoms with Crippen LogP contribution in [0.4, 0.5) is 0 Å². The van der Waals surface area contributed by atoms with Crippen LogP contribution in [0.25, 0.3) is 0 Å². The summed E-state index contributed by atoms with van der Waals surface area (Å²) in [5.41, 5.74) is 14.2. The van der Waals surface area contributed by atoms with Crippen LogP contribution in [0.1, 0.15) is 22.3 Å². The number of amides is 1. The maximum absolute atomic E-state index is 11.3. The van der Waals surface area contributed by atoms with Crippen molar-refractivity contribution in [2.45, 2.75) is 12.8 Å². The summed E-state index contributed by atoms with van der Waals surface area (Å²) >= 11 is 0. The third-order valence-corrected chi connectivity index (χ3v) is 2.10. The predicted octanol–water partition coefficient (Wildman–Crippen LogP) is -5.18. The molecular weight excluding hydrogens is 256 g/mol. The lowest BCUT2D eigenvalue weighted by molar-refractivity contribution is -0.513. The van der Waals surface area contributed by atoms with Gasteiger partial charge < -0.3 is 12.4 Å². The molecule has 1 rings (SSSR count). The number of carbonyl (C=O) groups is 2. The predicted molar refractivity (Wildman–Crippen MR) is 62.6 cm³/mol. The average molecular weight is 271 g/mol. The van der Waals surface area contributed by atoms with E-state index in [9.17, 15) is 9.59 Å². The van der Waals surface area contributed by atoms with E-state index >= 15 is 0 Å². The first-order chi connectivity index (χ1) is 8.11. The molecule has 0 fully saturated rings. The fourth-order valence-corrected chi connectivity index (χ4v) is 1.23. The van der Waals surface area contributed by atoms with Gasteiger partial charge in [-0.15, -0.1) is 0 Å². The van der Waals surface area contributed by atoms with Gasteiger partial charge in [0.25, 0.3) is 0 Å². The molecule has 0 saturated carbocycles. The number of hydrazine groups is 1. The molecule has 0 heterocycles. The van der Waals surface area contributed by atoms with E-state index in [0.29, 0.717) is 18.4 Å². The number of halogens is 1. The van der Waals surface area contributed by atoms with Crippen LogP contribution in [-0.4, -0.2) is 18.2 Å². The molecule has 0 atom stereocenters. The lowest BCUT2D eigenvalue weighted by Gasteiger charge is -2.00. The van der Waals surface area contributed by atoms with E-state index in [4.69, 9.17) is 11.5 Å². The molecule has 0 unspecified atom stereocenters. The second kappa shape index (κ2) is 8.08. The molecular formula is C11H15ClN4O2. The first-order valence-electron chi connectivity index (χ1n) is 5.08. The van der Waals surface area contributed by atoms with Crippen molar-refractivity contribution in [3.05, 3.63) is 35.4 Å². The van der Waals surface area contributed by atoms with Crippen LogP contribution in [0.5, 0.6) is 0 Å². The zero-order valence-electron chi connectivity index (χ0n) is 9.65. The average Bonchev–Trinajstić information content (AvgIpc) is 2.34. The zero-order chi connectivity index (χ0) is 12.7. The van der Waals surface area contributed by atoms with Crippen LogP contribution >= 0.6 is 0 Å². The van der Waals surface area contributed by atoms with E-state index in [-0.39, 0.29) is 24.3 Å². The lowest BCUT2D eigenvalue weighted by atomic mass is 10.1. The Morgan fingerprint density at radius 1 is 1.28 bits per heavy atom. The Kier molecular flexibility index (Phi) is 7.14. The Morgan fingerprint density at radius 3 is 2.39 bits per heavy atom. The van der Waals surface area contributed by atoms with Crippen molar-refractivity contribution in [3.63, 3.8) is 0 Å². The monoisotopic (exact) mass is 270 g/mol. The molecule has 0 bridgehead atoms. The van der Waals surface area contributed by atoms with Gasteiger partial charge in [0.2, 0.25) is 5.91 Å². The number of hydrogen-bond acceptors (Lipinski definition) is 2. The van der Waals surface area contributed by atoms with Crippen LogP contribution in [-0.2, 0) is 11.2 Å². The molecule has 0 aromatic heterocycles. The summed E-state index contributed by atoms with van der Waals surface area (Å²) in [5, 5.41) is 2.33. The fourth-order valence-electron chi connectivity index (χ4n) is 1.23. The molecule has 18 heavy (non-hydrogen) atoms. The molecule has 6 nitrogen and oxygen atoms in total. The summed E-state index contributed by atoms with van der Waals surface area (Å²) in [6, 6.07) is 7.05. The van der Waals surface area contributed by atoms with Crippen LogP contribution in [0.2, 0.25) is 0 Å². The van der Waals surface area contributed by atoms with Crippen molar-refractivity contribution >= 4 is 18.2 Å². The van der Waals surface area contributed by atoms with E-state index < -0.39 is 0 Å². The fraction of sp³-hybridized carbons (Fsp3) is 0.182. The minimum absolute atomic E-state index is 0. The molecule has 7 heteroatoms. The van der Waals surface area contributed by atoms with Crippen molar-refractivity contribution < 1.29 is 27.1 Å². The number of rotatable bonds is 5. The Bertz CT molecular complexity index is 427. The molecule has 0 spiro atoms. The van der Waals surface area contributed by atoms with Crippen LogP contribution in [0.3, 0.4) is 0 Å². The maximum Gasteiger partial charge on any atom is 0.360 e.